The van der Waals surface area contributed by atoms with Gasteiger partial charge in [-0.15, -0.1) is 0 Å². The zero-order valence-corrected chi connectivity index (χ0v) is 16.0. The van der Waals surface area contributed by atoms with Crippen LogP contribution in [0.25, 0.3) is 0 Å². The zero-order valence-electron chi connectivity index (χ0n) is 14.0. The molecule has 1 aromatic rings. The maximum atomic E-state index is 10.4. The predicted molar refractivity (Wildman–Crippen MR) is 82.1 cm³/mol. The average Bonchev–Trinajstić information content (AvgIpc) is 2.39. The van der Waals surface area contributed by atoms with Gasteiger partial charge in [-0.2, -0.15) is 0 Å². The molecule has 21 heavy (non-hydrogen) atoms. The van der Waals surface area contributed by atoms with Crippen LogP contribution in [0.5, 0.6) is 0 Å². The van der Waals surface area contributed by atoms with Crippen LogP contribution in [0.3, 0.4) is 0 Å². The van der Waals surface area contributed by atoms with E-state index < -0.39 is 5.97 Å². The van der Waals surface area contributed by atoms with E-state index in [9.17, 15) is 9.90 Å². The Bertz CT molecular complexity index is 349. The molecule has 0 amide bonds. The van der Waals surface area contributed by atoms with Crippen molar-refractivity contribution in [1.82, 2.24) is 0 Å². The van der Waals surface area contributed by atoms with Crippen molar-refractivity contribution >= 4 is 5.97 Å². The first-order chi connectivity index (χ1) is 9.51. The molecule has 0 spiro atoms. The van der Waals surface area contributed by atoms with Gasteiger partial charge >= 0.3 is 29.6 Å². The van der Waals surface area contributed by atoms with E-state index in [1.807, 2.05) is 39.0 Å². The van der Waals surface area contributed by atoms with Crippen molar-refractivity contribution in [2.75, 3.05) is 0 Å². The van der Waals surface area contributed by atoms with Gasteiger partial charge in [0.1, 0.15) is 0 Å². The molecule has 0 fully saturated rings. The first-order valence-corrected chi connectivity index (χ1v) is 7.51. The van der Waals surface area contributed by atoms with Crippen LogP contribution in [0.15, 0.2) is 30.3 Å². The largest absolute Gasteiger partial charge is 1.00 e. The Morgan fingerprint density at radius 2 is 1.62 bits per heavy atom. The van der Waals surface area contributed by atoms with Crippen molar-refractivity contribution < 1.29 is 39.5 Å². The van der Waals surface area contributed by atoms with Gasteiger partial charge in [-0.1, -0.05) is 57.0 Å². The van der Waals surface area contributed by atoms with Crippen molar-refractivity contribution in [2.45, 2.75) is 58.9 Å². The van der Waals surface area contributed by atoms with Crippen molar-refractivity contribution in [3.05, 3.63) is 35.9 Å². The Morgan fingerprint density at radius 1 is 1.14 bits per heavy atom. The van der Waals surface area contributed by atoms with Crippen LogP contribution in [0.4, 0.5) is 0 Å². The molecule has 0 saturated carbocycles. The fraction of sp³-hybridized carbons (Fsp3) is 0.588. The van der Waals surface area contributed by atoms with Crippen LogP contribution < -0.4 is 40.4 Å². The molecule has 114 valence electrons. The molecule has 0 heterocycles. The zero-order chi connectivity index (χ0) is 15.4. The second-order valence-corrected chi connectivity index (χ2v) is 5.26. The standard InChI is InChI=1S/C9H13N.C8H16O2.Na/c1-8(10)7-9-5-3-2-4-6-9;1-3-5-7(6-4-2)8(9)10;/h2-6,8H,7,10H2,1H3;7H,3-6H2,1-2H3,(H,9,10);/q;;+1/p-1/t8-;;/m0../s1. The molecule has 0 unspecified atom stereocenters. The number of carboxylic acid groups (broad SMARTS) is 1. The number of carbonyl (C=O) groups excluding carboxylic acids is 1. The monoisotopic (exact) mass is 301 g/mol. The van der Waals surface area contributed by atoms with Gasteiger partial charge in [0.2, 0.25) is 0 Å². The quantitative estimate of drug-likeness (QED) is 0.693. The molecular formula is C17H28NNaO2. The van der Waals surface area contributed by atoms with Crippen LogP contribution in [0, 0.1) is 5.92 Å². The average molecular weight is 301 g/mol. The van der Waals surface area contributed by atoms with Crippen molar-refractivity contribution in [3.8, 4) is 0 Å². The summed E-state index contributed by atoms with van der Waals surface area (Å²) in [5, 5.41) is 10.4. The number of hydrogen-bond acceptors (Lipinski definition) is 3. The van der Waals surface area contributed by atoms with Gasteiger partial charge in [-0.25, -0.2) is 0 Å². The number of benzene rings is 1. The molecule has 4 heteroatoms. The van der Waals surface area contributed by atoms with Gasteiger partial charge in [0.15, 0.2) is 0 Å². The Morgan fingerprint density at radius 3 is 1.95 bits per heavy atom. The van der Waals surface area contributed by atoms with Gasteiger partial charge in [0.25, 0.3) is 0 Å². The van der Waals surface area contributed by atoms with Gasteiger partial charge < -0.3 is 15.6 Å². The van der Waals surface area contributed by atoms with Crippen molar-refractivity contribution in [3.63, 3.8) is 0 Å². The number of aliphatic carboxylic acids is 1. The van der Waals surface area contributed by atoms with Crippen LogP contribution in [0.2, 0.25) is 0 Å². The van der Waals surface area contributed by atoms with Gasteiger partial charge in [-0.05, 0) is 37.7 Å². The molecule has 0 aromatic heterocycles. The van der Waals surface area contributed by atoms with E-state index in [0.717, 1.165) is 32.1 Å². The Balaban J connectivity index is 0. The first-order valence-electron chi connectivity index (χ1n) is 7.51. The summed E-state index contributed by atoms with van der Waals surface area (Å²) in [5.41, 5.74) is 6.94. The third-order valence-electron chi connectivity index (χ3n) is 3.01. The summed E-state index contributed by atoms with van der Waals surface area (Å²) < 4.78 is 0. The van der Waals surface area contributed by atoms with Crippen LogP contribution in [-0.4, -0.2) is 12.0 Å². The van der Waals surface area contributed by atoms with Crippen LogP contribution in [0.1, 0.15) is 52.0 Å². The molecule has 3 nitrogen and oxygen atoms in total. The fourth-order valence-corrected chi connectivity index (χ4v) is 2.06. The summed E-state index contributed by atoms with van der Waals surface area (Å²) in [6.07, 6.45) is 4.35. The molecule has 0 radical (unpaired) electrons. The summed E-state index contributed by atoms with van der Waals surface area (Å²) >= 11 is 0. The normalized spacial score (nSPS) is 11.1. The first kappa shape index (κ1) is 22.9. The Labute approximate surface area is 151 Å². The maximum Gasteiger partial charge on any atom is 1.00 e. The SMILES string of the molecule is CCCC(CCC)C(=O)[O-].C[C@H](N)Cc1ccccc1.[Na+]. The number of hydrogen-bond donors (Lipinski definition) is 1. The topological polar surface area (TPSA) is 66.1 Å². The van der Waals surface area contributed by atoms with E-state index in [1.54, 1.807) is 0 Å². The minimum Gasteiger partial charge on any atom is -0.550 e. The van der Waals surface area contributed by atoms with E-state index >= 15 is 0 Å². The van der Waals surface area contributed by atoms with Crippen molar-refractivity contribution in [2.24, 2.45) is 11.7 Å². The fourth-order valence-electron chi connectivity index (χ4n) is 2.06. The van der Waals surface area contributed by atoms with E-state index in [2.05, 4.69) is 12.1 Å². The summed E-state index contributed by atoms with van der Waals surface area (Å²) in [5.74, 6) is -1.10. The summed E-state index contributed by atoms with van der Waals surface area (Å²) in [4.78, 5) is 10.4. The number of nitrogens with two attached hydrogens (primary N) is 1. The molecule has 1 atom stereocenters. The van der Waals surface area contributed by atoms with Crippen LogP contribution in [-0.2, 0) is 11.2 Å². The van der Waals surface area contributed by atoms with E-state index in [0.29, 0.717) is 0 Å². The molecule has 0 aliphatic rings. The molecule has 0 saturated heterocycles. The van der Waals surface area contributed by atoms with Gasteiger partial charge in [0.05, 0.1) is 0 Å². The van der Waals surface area contributed by atoms with Crippen molar-refractivity contribution in [1.29, 1.82) is 0 Å². The summed E-state index contributed by atoms with van der Waals surface area (Å²) in [6, 6.07) is 10.6. The minimum absolute atomic E-state index is 0. The van der Waals surface area contributed by atoms with Gasteiger partial charge in [0, 0.05) is 12.0 Å². The maximum absolute atomic E-state index is 10.4. The van der Waals surface area contributed by atoms with E-state index in [-0.39, 0.29) is 41.5 Å². The third kappa shape index (κ3) is 13.1. The molecule has 2 N–H and O–H groups in total. The summed E-state index contributed by atoms with van der Waals surface area (Å²) in [6.45, 7) is 6.00. The Kier molecular flexibility index (Phi) is 15.9. The predicted octanol–water partition coefficient (Wildman–Crippen LogP) is -0.467. The third-order valence-corrected chi connectivity index (χ3v) is 3.01. The van der Waals surface area contributed by atoms with Gasteiger partial charge in [-0.3, -0.25) is 0 Å². The number of carbonyl (C=O) groups is 1. The molecule has 1 aromatic carbocycles. The molecule has 0 bridgehead atoms. The second-order valence-electron chi connectivity index (χ2n) is 5.26. The summed E-state index contributed by atoms with van der Waals surface area (Å²) in [7, 11) is 0. The molecular weight excluding hydrogens is 273 g/mol. The molecule has 0 aliphatic carbocycles. The Hall–Kier alpha value is -0.350. The molecule has 0 aliphatic heterocycles. The number of carboxylic acids is 1. The second kappa shape index (κ2) is 14.6. The molecule has 1 rings (SSSR count). The van der Waals surface area contributed by atoms with E-state index in [1.165, 1.54) is 5.56 Å². The number of rotatable bonds is 7. The minimum atomic E-state index is -0.885. The van der Waals surface area contributed by atoms with E-state index in [4.69, 9.17) is 5.73 Å². The van der Waals surface area contributed by atoms with Crippen LogP contribution >= 0.6 is 0 Å². The smallest absolute Gasteiger partial charge is 0.550 e.